The molecule has 80 valence electrons. The highest BCUT2D eigenvalue weighted by molar-refractivity contribution is 5.96. The van der Waals surface area contributed by atoms with Crippen LogP contribution in [0.15, 0.2) is 18.2 Å². The number of benzene rings is 1. The van der Waals surface area contributed by atoms with Crippen LogP contribution in [0.3, 0.4) is 0 Å². The molecule has 3 nitrogen and oxygen atoms in total. The van der Waals surface area contributed by atoms with E-state index in [1.807, 2.05) is 12.1 Å². The van der Waals surface area contributed by atoms with E-state index in [9.17, 15) is 4.79 Å². The summed E-state index contributed by atoms with van der Waals surface area (Å²) in [6, 6.07) is 6.12. The summed E-state index contributed by atoms with van der Waals surface area (Å²) < 4.78 is 0. The Kier molecular flexibility index (Phi) is 2.27. The van der Waals surface area contributed by atoms with Gasteiger partial charge in [-0.1, -0.05) is 32.9 Å². The Labute approximate surface area is 89.8 Å². The van der Waals surface area contributed by atoms with Crippen molar-refractivity contribution in [1.82, 2.24) is 10.9 Å². The maximum atomic E-state index is 11.6. The summed E-state index contributed by atoms with van der Waals surface area (Å²) in [5.74, 6) is -0.0395. The highest BCUT2D eigenvalue weighted by Crippen LogP contribution is 2.25. The Bertz CT molecular complexity index is 405. The second kappa shape index (κ2) is 3.35. The third kappa shape index (κ3) is 1.88. The molecule has 0 aliphatic carbocycles. The van der Waals surface area contributed by atoms with Crippen molar-refractivity contribution in [2.75, 3.05) is 0 Å². The molecule has 0 bridgehead atoms. The molecule has 0 fully saturated rings. The van der Waals surface area contributed by atoms with Gasteiger partial charge < -0.3 is 0 Å². The van der Waals surface area contributed by atoms with Gasteiger partial charge in [-0.25, -0.2) is 5.43 Å². The average Bonchev–Trinajstić information content (AvgIpc) is 2.16. The van der Waals surface area contributed by atoms with Gasteiger partial charge in [-0.3, -0.25) is 10.2 Å². The number of fused-ring (bicyclic) bond motifs is 1. The minimum atomic E-state index is -0.0395. The zero-order valence-electron chi connectivity index (χ0n) is 9.35. The van der Waals surface area contributed by atoms with E-state index in [1.165, 1.54) is 5.56 Å². The lowest BCUT2D eigenvalue weighted by Gasteiger charge is -2.23. The van der Waals surface area contributed by atoms with E-state index in [4.69, 9.17) is 0 Å². The Balaban J connectivity index is 2.49. The summed E-state index contributed by atoms with van der Waals surface area (Å²) >= 11 is 0. The van der Waals surface area contributed by atoms with Crippen molar-refractivity contribution in [3.63, 3.8) is 0 Å². The van der Waals surface area contributed by atoms with Crippen molar-refractivity contribution >= 4 is 5.91 Å². The fourth-order valence-electron chi connectivity index (χ4n) is 1.70. The number of amides is 1. The molecule has 15 heavy (non-hydrogen) atoms. The molecule has 3 heteroatoms. The summed E-state index contributed by atoms with van der Waals surface area (Å²) in [6.07, 6.45) is 0. The number of rotatable bonds is 0. The average molecular weight is 204 g/mol. The van der Waals surface area contributed by atoms with Crippen LogP contribution in [0.1, 0.15) is 42.3 Å². The van der Waals surface area contributed by atoms with Crippen LogP contribution < -0.4 is 10.9 Å². The fourth-order valence-corrected chi connectivity index (χ4v) is 1.70. The first-order chi connectivity index (χ1) is 6.98. The van der Waals surface area contributed by atoms with Gasteiger partial charge in [0, 0.05) is 12.1 Å². The zero-order chi connectivity index (χ0) is 11.1. The van der Waals surface area contributed by atoms with Crippen molar-refractivity contribution < 1.29 is 4.79 Å². The standard InChI is InChI=1S/C12H16N2O/c1-12(2,3)9-5-4-8-7-13-14-11(15)10(8)6-9/h4-6,13H,7H2,1-3H3,(H,14,15). The van der Waals surface area contributed by atoms with Crippen molar-refractivity contribution in [3.05, 3.63) is 34.9 Å². The summed E-state index contributed by atoms with van der Waals surface area (Å²) in [5.41, 5.74) is 8.61. The number of hydrazine groups is 1. The van der Waals surface area contributed by atoms with Gasteiger partial charge in [-0.05, 0) is 22.6 Å². The monoisotopic (exact) mass is 204 g/mol. The van der Waals surface area contributed by atoms with E-state index in [0.717, 1.165) is 11.1 Å². The molecular formula is C12H16N2O. The molecule has 2 N–H and O–H groups in total. The lowest BCUT2D eigenvalue weighted by molar-refractivity contribution is 0.0920. The quantitative estimate of drug-likeness (QED) is 0.675. The first-order valence-electron chi connectivity index (χ1n) is 5.15. The van der Waals surface area contributed by atoms with Crippen LogP contribution >= 0.6 is 0 Å². The second-order valence-corrected chi connectivity index (χ2v) is 4.93. The van der Waals surface area contributed by atoms with Gasteiger partial charge >= 0.3 is 0 Å². The fraction of sp³-hybridized carbons (Fsp3) is 0.417. The predicted octanol–water partition coefficient (Wildman–Crippen LogP) is 1.73. The van der Waals surface area contributed by atoms with Crippen LogP contribution in [-0.4, -0.2) is 5.91 Å². The smallest absolute Gasteiger partial charge is 0.265 e. The van der Waals surface area contributed by atoms with E-state index in [2.05, 4.69) is 37.7 Å². The lowest BCUT2D eigenvalue weighted by atomic mass is 9.85. The number of carbonyl (C=O) groups excluding carboxylic acids is 1. The molecule has 0 saturated heterocycles. The highest BCUT2D eigenvalue weighted by atomic mass is 16.2. The molecule has 2 rings (SSSR count). The molecule has 0 spiro atoms. The van der Waals surface area contributed by atoms with Gasteiger partial charge in [-0.15, -0.1) is 0 Å². The molecule has 0 unspecified atom stereocenters. The van der Waals surface area contributed by atoms with Gasteiger partial charge in [0.2, 0.25) is 0 Å². The van der Waals surface area contributed by atoms with Crippen LogP contribution in [0.2, 0.25) is 0 Å². The predicted molar refractivity (Wildman–Crippen MR) is 59.4 cm³/mol. The Morgan fingerprint density at radius 1 is 1.27 bits per heavy atom. The summed E-state index contributed by atoms with van der Waals surface area (Å²) in [7, 11) is 0. The molecular weight excluding hydrogens is 188 g/mol. The molecule has 0 saturated carbocycles. The molecule has 0 radical (unpaired) electrons. The molecule has 1 aromatic carbocycles. The van der Waals surface area contributed by atoms with Gasteiger partial charge in [0.15, 0.2) is 0 Å². The maximum Gasteiger partial charge on any atom is 0.265 e. The third-order valence-corrected chi connectivity index (χ3v) is 2.70. The van der Waals surface area contributed by atoms with Crippen molar-refractivity contribution in [1.29, 1.82) is 0 Å². The SMILES string of the molecule is CC(C)(C)c1ccc2c(c1)C(=O)NNC2. The molecule has 1 amide bonds. The van der Waals surface area contributed by atoms with Crippen LogP contribution in [0, 0.1) is 0 Å². The number of hydrogen-bond acceptors (Lipinski definition) is 2. The number of carbonyl (C=O) groups is 1. The second-order valence-electron chi connectivity index (χ2n) is 4.93. The third-order valence-electron chi connectivity index (χ3n) is 2.70. The van der Waals surface area contributed by atoms with Crippen LogP contribution in [0.4, 0.5) is 0 Å². The van der Waals surface area contributed by atoms with Crippen LogP contribution in [0.25, 0.3) is 0 Å². The molecule has 0 aromatic heterocycles. The molecule has 0 atom stereocenters. The van der Waals surface area contributed by atoms with E-state index in [-0.39, 0.29) is 11.3 Å². The van der Waals surface area contributed by atoms with Crippen LogP contribution in [0.5, 0.6) is 0 Å². The zero-order valence-corrected chi connectivity index (χ0v) is 9.35. The Hall–Kier alpha value is -1.35. The van der Waals surface area contributed by atoms with Crippen LogP contribution in [-0.2, 0) is 12.0 Å². The van der Waals surface area contributed by atoms with Crippen molar-refractivity contribution in [2.24, 2.45) is 0 Å². The lowest BCUT2D eigenvalue weighted by Crippen LogP contribution is -2.42. The van der Waals surface area contributed by atoms with E-state index >= 15 is 0 Å². The molecule has 1 aromatic rings. The van der Waals surface area contributed by atoms with Crippen molar-refractivity contribution in [3.8, 4) is 0 Å². The minimum absolute atomic E-state index is 0.0395. The molecule has 1 heterocycles. The normalized spacial score (nSPS) is 15.8. The van der Waals surface area contributed by atoms with E-state index < -0.39 is 0 Å². The summed E-state index contributed by atoms with van der Waals surface area (Å²) in [4.78, 5) is 11.6. The summed E-state index contributed by atoms with van der Waals surface area (Å²) in [6.45, 7) is 7.14. The van der Waals surface area contributed by atoms with E-state index in [0.29, 0.717) is 6.54 Å². The van der Waals surface area contributed by atoms with Gasteiger partial charge in [-0.2, -0.15) is 0 Å². The molecule has 1 aliphatic heterocycles. The topological polar surface area (TPSA) is 41.1 Å². The Morgan fingerprint density at radius 2 is 2.00 bits per heavy atom. The molecule has 1 aliphatic rings. The highest BCUT2D eigenvalue weighted by Gasteiger charge is 2.20. The first-order valence-corrected chi connectivity index (χ1v) is 5.15. The Morgan fingerprint density at radius 3 is 2.67 bits per heavy atom. The first kappa shape index (κ1) is 10.2. The number of nitrogens with one attached hydrogen (secondary N) is 2. The maximum absolute atomic E-state index is 11.6. The van der Waals surface area contributed by atoms with Crippen molar-refractivity contribution in [2.45, 2.75) is 32.7 Å². The van der Waals surface area contributed by atoms with Gasteiger partial charge in [0.05, 0.1) is 0 Å². The number of hydrogen-bond donors (Lipinski definition) is 2. The van der Waals surface area contributed by atoms with Gasteiger partial charge in [0.25, 0.3) is 5.91 Å². The van der Waals surface area contributed by atoms with E-state index in [1.54, 1.807) is 0 Å². The summed E-state index contributed by atoms with van der Waals surface area (Å²) in [5, 5.41) is 0. The minimum Gasteiger partial charge on any atom is -0.287 e. The van der Waals surface area contributed by atoms with Gasteiger partial charge in [0.1, 0.15) is 0 Å². The largest absolute Gasteiger partial charge is 0.287 e.